The lowest BCUT2D eigenvalue weighted by atomic mass is 9.76. The maximum absolute atomic E-state index is 7.50. The molecule has 0 unspecified atom stereocenters. The summed E-state index contributed by atoms with van der Waals surface area (Å²) in [6.45, 7) is 18.4. The van der Waals surface area contributed by atoms with Gasteiger partial charge in [0.25, 0.3) is 0 Å². The van der Waals surface area contributed by atoms with E-state index in [-0.39, 0.29) is 16.4 Å². The molecule has 0 fully saturated rings. The lowest BCUT2D eigenvalue weighted by Crippen LogP contribution is -2.36. The largest absolute Gasteiger partial charge is 0.482 e. The van der Waals surface area contributed by atoms with Gasteiger partial charge in [-0.3, -0.25) is 0 Å². The Morgan fingerprint density at radius 1 is 0.526 bits per heavy atom. The molecule has 7 rings (SSSR count). The number of nitrogens with zero attached hydrogens (tertiary/aromatic N) is 2. The van der Waals surface area contributed by atoms with Crippen molar-refractivity contribution in [3.05, 3.63) is 88.8 Å². The van der Waals surface area contributed by atoms with Crippen LogP contribution in [0.1, 0.15) is 161 Å². The van der Waals surface area contributed by atoms with E-state index in [1.807, 2.05) is 22.7 Å². The van der Waals surface area contributed by atoms with Gasteiger partial charge < -0.3 is 4.74 Å². The molecule has 1 aliphatic rings. The van der Waals surface area contributed by atoms with Crippen molar-refractivity contribution in [1.29, 1.82) is 0 Å². The molecule has 0 saturated heterocycles. The second kappa shape index (κ2) is 17.9. The molecule has 6 heteroatoms. The van der Waals surface area contributed by atoms with E-state index in [2.05, 4.69) is 128 Å². The predicted molar refractivity (Wildman–Crippen MR) is 251 cm³/mol. The Hall–Kier alpha value is -3.32. The highest BCUT2D eigenvalue weighted by Crippen LogP contribution is 2.52. The van der Waals surface area contributed by atoms with Gasteiger partial charge in [0.05, 0.1) is 11.7 Å². The zero-order chi connectivity index (χ0) is 40.2. The molecule has 0 saturated carbocycles. The molecule has 57 heavy (non-hydrogen) atoms. The molecule has 0 atom stereocenters. The minimum atomic E-state index is -0.340. The van der Waals surface area contributed by atoms with Gasteiger partial charge in [-0.15, -0.1) is 22.7 Å². The van der Waals surface area contributed by atoms with Crippen LogP contribution in [0.2, 0.25) is 0 Å². The van der Waals surface area contributed by atoms with Crippen LogP contribution in [0.3, 0.4) is 0 Å². The first-order chi connectivity index (χ1) is 27.4. The molecule has 1 aliphatic heterocycles. The van der Waals surface area contributed by atoms with Crippen molar-refractivity contribution in [1.82, 2.24) is 8.75 Å². The van der Waals surface area contributed by atoms with Crippen molar-refractivity contribution < 1.29 is 4.74 Å². The molecule has 0 amide bonds. The fourth-order valence-corrected chi connectivity index (χ4v) is 11.2. The van der Waals surface area contributed by atoms with Crippen LogP contribution in [0, 0.1) is 0 Å². The molecule has 4 heterocycles. The van der Waals surface area contributed by atoms with Gasteiger partial charge in [-0.05, 0) is 89.6 Å². The molecule has 3 aromatic heterocycles. The maximum atomic E-state index is 7.50. The van der Waals surface area contributed by atoms with E-state index in [9.17, 15) is 0 Å². The van der Waals surface area contributed by atoms with Gasteiger partial charge >= 0.3 is 0 Å². The van der Waals surface area contributed by atoms with Crippen LogP contribution in [0.5, 0.6) is 5.75 Å². The summed E-state index contributed by atoms with van der Waals surface area (Å²) < 4.78 is 17.2. The third-order valence-corrected chi connectivity index (χ3v) is 15.2. The third kappa shape index (κ3) is 9.29. The minimum Gasteiger partial charge on any atom is -0.482 e. The topological polar surface area (TPSA) is 35.0 Å². The summed E-state index contributed by atoms with van der Waals surface area (Å²) in [6, 6.07) is 27.9. The molecule has 302 valence electrons. The summed E-state index contributed by atoms with van der Waals surface area (Å²) in [5.41, 5.74) is 10.8. The van der Waals surface area contributed by atoms with Crippen LogP contribution in [0.25, 0.3) is 53.5 Å². The number of aromatic nitrogens is 2. The van der Waals surface area contributed by atoms with E-state index >= 15 is 0 Å². The first-order valence-electron chi connectivity index (χ1n) is 21.9. The zero-order valence-electron chi connectivity index (χ0n) is 35.9. The summed E-state index contributed by atoms with van der Waals surface area (Å²) in [6.07, 6.45) is 17.5. The van der Waals surface area contributed by atoms with Crippen LogP contribution in [-0.4, -0.2) is 8.75 Å². The van der Waals surface area contributed by atoms with Gasteiger partial charge in [0.15, 0.2) is 0 Å². The predicted octanol–water partition coefficient (Wildman–Crippen LogP) is 17.2. The van der Waals surface area contributed by atoms with Crippen LogP contribution in [0.15, 0.2) is 72.8 Å². The lowest BCUT2D eigenvalue weighted by Gasteiger charge is -2.42. The molecule has 6 aromatic rings. The Morgan fingerprint density at radius 3 is 1.67 bits per heavy atom. The second-order valence-corrected chi connectivity index (χ2v) is 21.2. The fourth-order valence-electron chi connectivity index (χ4n) is 8.54. The van der Waals surface area contributed by atoms with Gasteiger partial charge in [0.2, 0.25) is 0 Å². The van der Waals surface area contributed by atoms with Crippen molar-refractivity contribution in [2.75, 3.05) is 0 Å². The third-order valence-electron chi connectivity index (χ3n) is 12.0. The molecule has 0 spiro atoms. The van der Waals surface area contributed by atoms with Crippen molar-refractivity contribution in [2.24, 2.45) is 0 Å². The zero-order valence-corrected chi connectivity index (χ0v) is 38.3. The standard InChI is InChI=1S/C51H64N2OS3/c1-9-11-13-15-17-19-31-51(32-20-18-16-14-12-10-2)41-33-35(21-23-37(41)38-24-22-36(49(3,4)5)34-42(38)54-51)43-27-28-44(55-43)39-25-26-40(48-47(39)52-57-53-48)45-29-30-46(56-45)50(6,7)8/h21-30,33-34H,9-20,31-32H2,1-8H3. The Morgan fingerprint density at radius 2 is 1.07 bits per heavy atom. The highest BCUT2D eigenvalue weighted by atomic mass is 32.1. The first kappa shape index (κ1) is 41.8. The van der Waals surface area contributed by atoms with Gasteiger partial charge in [-0.25, -0.2) is 0 Å². The van der Waals surface area contributed by atoms with Gasteiger partial charge in [-0.1, -0.05) is 156 Å². The van der Waals surface area contributed by atoms with Crippen LogP contribution >= 0.6 is 34.4 Å². The lowest BCUT2D eigenvalue weighted by molar-refractivity contribution is 0.0384. The molecule has 0 aliphatic carbocycles. The van der Waals surface area contributed by atoms with Crippen molar-refractivity contribution in [2.45, 2.75) is 162 Å². The molecule has 0 radical (unpaired) electrons. The van der Waals surface area contributed by atoms with Crippen LogP contribution in [-0.2, 0) is 16.4 Å². The number of hydrogen-bond acceptors (Lipinski definition) is 6. The fraction of sp³-hybridized carbons (Fsp3) is 0.490. The minimum absolute atomic E-state index is 0.0564. The maximum Gasteiger partial charge on any atom is 0.135 e. The molecule has 0 bridgehead atoms. The first-order valence-corrected chi connectivity index (χ1v) is 24.2. The Balaban J connectivity index is 1.25. The SMILES string of the molecule is CCCCCCCCC1(CCCCCCCC)Oc2cc(C(C)(C)C)ccc2-c2ccc(-c3ccc(-c4ccc(-c5ccc(C(C)(C)C)s5)c5nsnc45)s3)cc21. The number of rotatable bonds is 17. The van der Waals surface area contributed by atoms with E-state index in [0.29, 0.717) is 0 Å². The highest BCUT2D eigenvalue weighted by Gasteiger charge is 2.41. The second-order valence-electron chi connectivity index (χ2n) is 18.6. The van der Waals surface area contributed by atoms with E-state index in [1.165, 1.54) is 142 Å². The monoisotopic (exact) mass is 816 g/mol. The molecule has 3 nitrogen and oxygen atoms in total. The van der Waals surface area contributed by atoms with E-state index in [4.69, 9.17) is 13.5 Å². The number of hydrogen-bond donors (Lipinski definition) is 0. The summed E-state index contributed by atoms with van der Waals surface area (Å²) in [5.74, 6) is 1.07. The quantitative estimate of drug-likeness (QED) is 0.0860. The molecule has 3 aromatic carbocycles. The number of benzene rings is 3. The Bertz CT molecular complexity index is 2240. The van der Waals surface area contributed by atoms with Crippen molar-refractivity contribution in [3.8, 4) is 48.2 Å². The normalized spacial score (nSPS) is 13.8. The number of ether oxygens (including phenoxy) is 1. The average molecular weight is 817 g/mol. The molecule has 0 N–H and O–H groups in total. The van der Waals surface area contributed by atoms with Crippen molar-refractivity contribution >= 4 is 45.4 Å². The number of fused-ring (bicyclic) bond motifs is 4. The smallest absolute Gasteiger partial charge is 0.135 e. The Labute approximate surface area is 355 Å². The van der Waals surface area contributed by atoms with Crippen LogP contribution in [0.4, 0.5) is 0 Å². The Kier molecular flexibility index (Phi) is 13.1. The average Bonchev–Trinajstić information content (AvgIpc) is 3.99. The summed E-state index contributed by atoms with van der Waals surface area (Å²) >= 11 is 5.05. The van der Waals surface area contributed by atoms with E-state index in [0.717, 1.165) is 35.2 Å². The number of thiophene rings is 2. The van der Waals surface area contributed by atoms with Crippen LogP contribution < -0.4 is 4.74 Å². The van der Waals surface area contributed by atoms with Crippen molar-refractivity contribution in [3.63, 3.8) is 0 Å². The number of unbranched alkanes of at least 4 members (excludes halogenated alkanes) is 10. The van der Waals surface area contributed by atoms with Gasteiger partial charge in [0.1, 0.15) is 22.4 Å². The summed E-state index contributed by atoms with van der Waals surface area (Å²) in [4.78, 5) is 5.16. The molecular formula is C51H64N2OS3. The van der Waals surface area contributed by atoms with E-state index < -0.39 is 0 Å². The summed E-state index contributed by atoms with van der Waals surface area (Å²) in [7, 11) is 0. The molecular weight excluding hydrogens is 753 g/mol. The van der Waals surface area contributed by atoms with E-state index in [1.54, 1.807) is 0 Å². The van der Waals surface area contributed by atoms with Gasteiger partial charge in [0, 0.05) is 41.8 Å². The highest BCUT2D eigenvalue weighted by molar-refractivity contribution is 7.19. The summed E-state index contributed by atoms with van der Waals surface area (Å²) in [5, 5.41) is 0. The van der Waals surface area contributed by atoms with Gasteiger partial charge in [-0.2, -0.15) is 8.75 Å².